The van der Waals surface area contributed by atoms with Crippen molar-refractivity contribution >= 4 is 0 Å². The molecule has 0 radical (unpaired) electrons. The highest BCUT2D eigenvalue weighted by Crippen LogP contribution is 2.44. The van der Waals surface area contributed by atoms with Gasteiger partial charge in [0.05, 0.1) is 11.1 Å². The Labute approximate surface area is 185 Å². The first kappa shape index (κ1) is 24.3. The monoisotopic (exact) mass is 484 g/mol. The van der Waals surface area contributed by atoms with Gasteiger partial charge in [0.15, 0.2) is 11.6 Å². The van der Waals surface area contributed by atoms with Crippen molar-refractivity contribution in [3.63, 3.8) is 0 Å². The summed E-state index contributed by atoms with van der Waals surface area (Å²) in [6.45, 7) is 0. The maximum atomic E-state index is 15.0. The van der Waals surface area contributed by atoms with E-state index in [0.29, 0.717) is 24.3 Å². The molecule has 0 saturated heterocycles. The summed E-state index contributed by atoms with van der Waals surface area (Å²) in [5.41, 5.74) is -4.70. The molecular weight excluding hydrogens is 476 g/mol. The van der Waals surface area contributed by atoms with Gasteiger partial charge in [-0.3, -0.25) is 0 Å². The highest BCUT2D eigenvalue weighted by molar-refractivity contribution is 5.60. The van der Waals surface area contributed by atoms with E-state index in [-0.39, 0.29) is 0 Å². The average Bonchev–Trinajstić information content (AvgIpc) is 2.77. The van der Waals surface area contributed by atoms with Crippen molar-refractivity contribution in [1.29, 1.82) is 10.5 Å². The van der Waals surface area contributed by atoms with E-state index < -0.39 is 69.2 Å². The van der Waals surface area contributed by atoms with Crippen LogP contribution in [0.5, 0.6) is 23.0 Å². The summed E-state index contributed by atoms with van der Waals surface area (Å²) in [5.74, 6) is -7.14. The van der Waals surface area contributed by atoms with Crippen molar-refractivity contribution < 1.29 is 44.6 Å². The maximum absolute atomic E-state index is 15.0. The minimum absolute atomic E-state index is 0.440. The van der Waals surface area contributed by atoms with E-state index in [0.717, 1.165) is 24.3 Å². The number of benzene rings is 3. The van der Waals surface area contributed by atoms with Crippen molar-refractivity contribution in [3.8, 4) is 35.1 Å². The zero-order valence-corrected chi connectivity index (χ0v) is 16.4. The Hall–Kier alpha value is -4.32. The fourth-order valence-corrected chi connectivity index (χ4v) is 2.75. The van der Waals surface area contributed by atoms with Crippen LogP contribution in [0.3, 0.4) is 0 Å². The molecule has 3 aromatic rings. The fourth-order valence-electron chi connectivity index (χ4n) is 2.75. The van der Waals surface area contributed by atoms with Gasteiger partial charge in [0.25, 0.3) is 0 Å². The lowest BCUT2D eigenvalue weighted by atomic mass is 10.1. The summed E-state index contributed by atoms with van der Waals surface area (Å²) in [7, 11) is 0. The normalized spacial score (nSPS) is 11.5. The summed E-state index contributed by atoms with van der Waals surface area (Å²) in [4.78, 5) is 0. The third kappa shape index (κ3) is 4.86. The zero-order valence-electron chi connectivity index (χ0n) is 16.4. The largest absolute Gasteiger partial charge is 0.450 e. The van der Waals surface area contributed by atoms with Crippen LogP contribution < -0.4 is 9.47 Å². The van der Waals surface area contributed by atoms with Crippen LogP contribution in [0.1, 0.15) is 22.3 Å². The highest BCUT2D eigenvalue weighted by atomic mass is 19.4. The molecule has 0 aliphatic heterocycles. The molecule has 34 heavy (non-hydrogen) atoms. The molecule has 4 nitrogen and oxygen atoms in total. The molecule has 0 aliphatic rings. The summed E-state index contributed by atoms with van der Waals surface area (Å²) in [5, 5.41) is 18.2. The topological polar surface area (TPSA) is 66.0 Å². The Morgan fingerprint density at radius 2 is 0.971 bits per heavy atom. The van der Waals surface area contributed by atoms with Crippen LogP contribution in [0.15, 0.2) is 48.5 Å². The molecular formula is C22H8F8N2O2. The van der Waals surface area contributed by atoms with Crippen molar-refractivity contribution in [2.45, 2.75) is 12.4 Å². The van der Waals surface area contributed by atoms with E-state index in [2.05, 4.69) is 0 Å². The van der Waals surface area contributed by atoms with Gasteiger partial charge in [-0.15, -0.1) is 0 Å². The van der Waals surface area contributed by atoms with Crippen molar-refractivity contribution in [2.75, 3.05) is 0 Å². The fraction of sp³-hybridized carbons (Fsp3) is 0.0909. The first-order valence-corrected chi connectivity index (χ1v) is 8.92. The van der Waals surface area contributed by atoms with Crippen molar-refractivity contribution in [2.24, 2.45) is 0 Å². The van der Waals surface area contributed by atoms with E-state index in [9.17, 15) is 26.3 Å². The van der Waals surface area contributed by atoms with Gasteiger partial charge in [-0.2, -0.15) is 36.9 Å². The second-order valence-electron chi connectivity index (χ2n) is 6.52. The first-order valence-electron chi connectivity index (χ1n) is 8.92. The van der Waals surface area contributed by atoms with Gasteiger partial charge in [-0.05, 0) is 36.4 Å². The van der Waals surface area contributed by atoms with Gasteiger partial charge in [0.2, 0.25) is 11.5 Å². The van der Waals surface area contributed by atoms with Gasteiger partial charge >= 0.3 is 12.4 Å². The van der Waals surface area contributed by atoms with Gasteiger partial charge in [-0.1, -0.05) is 12.1 Å². The van der Waals surface area contributed by atoms with Crippen molar-refractivity contribution in [1.82, 2.24) is 0 Å². The predicted molar refractivity (Wildman–Crippen MR) is 98.8 cm³/mol. The number of hydrogen-bond acceptors (Lipinski definition) is 4. The summed E-state index contributed by atoms with van der Waals surface area (Å²) in [6, 6.07) is 8.39. The molecule has 0 aliphatic carbocycles. The van der Waals surface area contributed by atoms with Crippen molar-refractivity contribution in [3.05, 3.63) is 82.4 Å². The van der Waals surface area contributed by atoms with Crippen LogP contribution in [-0.2, 0) is 12.4 Å². The minimum atomic E-state index is -4.82. The Morgan fingerprint density at radius 1 is 0.618 bits per heavy atom. The molecule has 3 aromatic carbocycles. The molecule has 0 fully saturated rings. The Kier molecular flexibility index (Phi) is 6.37. The molecule has 0 aromatic heterocycles. The molecule has 174 valence electrons. The van der Waals surface area contributed by atoms with E-state index in [1.807, 2.05) is 0 Å². The zero-order chi connectivity index (χ0) is 25.3. The number of nitriles is 2. The molecule has 0 saturated carbocycles. The first-order chi connectivity index (χ1) is 15.9. The predicted octanol–water partition coefficient (Wildman–Crippen LogP) is 7.33. The highest BCUT2D eigenvalue weighted by Gasteiger charge is 2.33. The molecule has 0 amide bonds. The Morgan fingerprint density at radius 3 is 1.26 bits per heavy atom. The molecule has 0 spiro atoms. The second-order valence-corrected chi connectivity index (χ2v) is 6.52. The van der Waals surface area contributed by atoms with E-state index in [4.69, 9.17) is 20.0 Å². The van der Waals surface area contributed by atoms with Gasteiger partial charge in [-0.25, -0.2) is 8.78 Å². The quantitative estimate of drug-likeness (QED) is 0.364. The third-order valence-corrected chi connectivity index (χ3v) is 4.28. The van der Waals surface area contributed by atoms with Crippen LogP contribution in [0.4, 0.5) is 35.1 Å². The second kappa shape index (κ2) is 8.90. The lowest BCUT2D eigenvalue weighted by molar-refractivity contribution is -0.138. The summed E-state index contributed by atoms with van der Waals surface area (Å²) in [6.07, 6.45) is -9.63. The SMILES string of the molecule is N#Cc1c(F)c(Oc2cccc(C(F)(F)F)c2)c(Oc2cccc(C(F)(F)F)c2)c(F)c1C#N. The lowest BCUT2D eigenvalue weighted by Gasteiger charge is -2.17. The Balaban J connectivity index is 2.19. The number of halogens is 8. The molecule has 3 rings (SSSR count). The average molecular weight is 484 g/mol. The molecule has 0 heterocycles. The van der Waals surface area contributed by atoms with E-state index in [1.54, 1.807) is 0 Å². The third-order valence-electron chi connectivity index (χ3n) is 4.28. The van der Waals surface area contributed by atoms with E-state index >= 15 is 8.78 Å². The molecule has 0 unspecified atom stereocenters. The van der Waals surface area contributed by atoms with Crippen LogP contribution in [0.25, 0.3) is 0 Å². The minimum Gasteiger partial charge on any atom is -0.450 e. The maximum Gasteiger partial charge on any atom is 0.416 e. The van der Waals surface area contributed by atoms with E-state index in [1.165, 1.54) is 12.1 Å². The van der Waals surface area contributed by atoms with Crippen LogP contribution >= 0.6 is 0 Å². The summed E-state index contributed by atoms with van der Waals surface area (Å²) >= 11 is 0. The Bertz CT molecular complexity index is 1230. The summed E-state index contributed by atoms with van der Waals surface area (Å²) < 4.78 is 118. The van der Waals surface area contributed by atoms with Gasteiger partial charge < -0.3 is 9.47 Å². The number of hydrogen-bond donors (Lipinski definition) is 0. The number of rotatable bonds is 4. The lowest BCUT2D eigenvalue weighted by Crippen LogP contribution is -2.07. The van der Waals surface area contributed by atoms with Crippen LogP contribution in [0.2, 0.25) is 0 Å². The molecule has 0 bridgehead atoms. The standard InChI is InChI=1S/C22H8F8N2O2/c23-17-15(9-31)16(10-32)18(24)20(34-14-6-2-4-12(8-14)22(28,29)30)19(17)33-13-5-1-3-11(7-13)21(25,26)27/h1-8H. The number of nitrogens with zero attached hydrogens (tertiary/aromatic N) is 2. The smallest absolute Gasteiger partial charge is 0.416 e. The van der Waals surface area contributed by atoms with Gasteiger partial charge in [0, 0.05) is 0 Å². The molecule has 0 N–H and O–H groups in total. The molecule has 12 heteroatoms. The van der Waals surface area contributed by atoms with Crippen LogP contribution in [-0.4, -0.2) is 0 Å². The van der Waals surface area contributed by atoms with Gasteiger partial charge in [0.1, 0.15) is 34.8 Å². The number of alkyl halides is 6. The number of ether oxygens (including phenoxy) is 2. The molecule has 0 atom stereocenters. The van der Waals surface area contributed by atoms with Crippen LogP contribution in [0, 0.1) is 34.3 Å².